The highest BCUT2D eigenvalue weighted by Crippen LogP contribution is 2.14. The van der Waals surface area contributed by atoms with Gasteiger partial charge in [0.25, 0.3) is 0 Å². The minimum absolute atomic E-state index is 0.0633. The largest absolute Gasteiger partial charge is 0.383 e. The monoisotopic (exact) mass is 219 g/mol. The molecule has 0 saturated heterocycles. The zero-order chi connectivity index (χ0) is 12.1. The molecule has 0 spiro atoms. The Morgan fingerprint density at radius 3 is 2.19 bits per heavy atom. The van der Waals surface area contributed by atoms with Crippen LogP contribution in [0.5, 0.6) is 0 Å². The quantitative estimate of drug-likeness (QED) is 0.764. The third-order valence-electron chi connectivity index (χ3n) is 2.72. The van der Waals surface area contributed by atoms with Crippen molar-refractivity contribution in [3.05, 3.63) is 29.8 Å². The maximum atomic E-state index is 11.7. The van der Waals surface area contributed by atoms with E-state index >= 15 is 0 Å². The average molecular weight is 219 g/mol. The van der Waals surface area contributed by atoms with Gasteiger partial charge in [0.05, 0.1) is 0 Å². The number of hydrogen-bond donors (Lipinski definition) is 1. The number of ketones is 1. The van der Waals surface area contributed by atoms with Gasteiger partial charge >= 0.3 is 0 Å². The minimum Gasteiger partial charge on any atom is -0.383 e. The second-order valence-electron chi connectivity index (χ2n) is 4.55. The van der Waals surface area contributed by atoms with Gasteiger partial charge in [-0.3, -0.25) is 4.79 Å². The minimum atomic E-state index is 0.0633. The van der Waals surface area contributed by atoms with Gasteiger partial charge in [-0.2, -0.15) is 0 Å². The maximum Gasteiger partial charge on any atom is 0.165 e. The number of rotatable bonds is 5. The van der Waals surface area contributed by atoms with Crippen LogP contribution < -0.4 is 5.32 Å². The first kappa shape index (κ1) is 12.8. The topological polar surface area (TPSA) is 29.1 Å². The molecule has 0 bridgehead atoms. The van der Waals surface area contributed by atoms with Crippen LogP contribution in [0, 0.1) is 5.92 Å². The summed E-state index contributed by atoms with van der Waals surface area (Å²) in [5.74, 6) is 0.267. The van der Waals surface area contributed by atoms with Gasteiger partial charge in [0.2, 0.25) is 0 Å². The molecule has 2 nitrogen and oxygen atoms in total. The lowest BCUT2D eigenvalue weighted by molar-refractivity contribution is 0.0939. The Morgan fingerprint density at radius 2 is 1.75 bits per heavy atom. The molecule has 1 N–H and O–H groups in total. The van der Waals surface area contributed by atoms with Crippen molar-refractivity contribution in [1.82, 2.24) is 0 Å². The Labute approximate surface area is 98.1 Å². The van der Waals surface area contributed by atoms with E-state index in [0.29, 0.717) is 6.04 Å². The molecule has 0 heterocycles. The first-order valence-electron chi connectivity index (χ1n) is 5.95. The summed E-state index contributed by atoms with van der Waals surface area (Å²) in [6.45, 7) is 8.14. The van der Waals surface area contributed by atoms with E-state index in [0.717, 1.165) is 17.7 Å². The Morgan fingerprint density at radius 1 is 1.19 bits per heavy atom. The standard InChI is InChI=1S/C14H21NO/c1-5-11(4)15-13-8-6-12(7-9-13)14(16)10(2)3/h6-11,15H,5H2,1-4H3. The fraction of sp³-hybridized carbons (Fsp3) is 0.500. The predicted octanol–water partition coefficient (Wildman–Crippen LogP) is 3.74. The summed E-state index contributed by atoms with van der Waals surface area (Å²) in [6.07, 6.45) is 1.09. The Balaban J connectivity index is 2.71. The van der Waals surface area contributed by atoms with Crippen LogP contribution in [-0.2, 0) is 0 Å². The smallest absolute Gasteiger partial charge is 0.165 e. The van der Waals surface area contributed by atoms with E-state index in [9.17, 15) is 4.79 Å². The number of carbonyl (C=O) groups excluding carboxylic acids is 1. The van der Waals surface area contributed by atoms with Crippen LogP contribution in [0.15, 0.2) is 24.3 Å². The summed E-state index contributed by atoms with van der Waals surface area (Å²) in [6, 6.07) is 8.20. The van der Waals surface area contributed by atoms with Gasteiger partial charge in [-0.15, -0.1) is 0 Å². The van der Waals surface area contributed by atoms with Crippen molar-refractivity contribution in [3.8, 4) is 0 Å². The van der Waals surface area contributed by atoms with Crippen molar-refractivity contribution in [2.75, 3.05) is 5.32 Å². The van der Waals surface area contributed by atoms with Gasteiger partial charge in [-0.1, -0.05) is 20.8 Å². The number of benzene rings is 1. The SMILES string of the molecule is CCC(C)Nc1ccc(C(=O)C(C)C)cc1. The van der Waals surface area contributed by atoms with E-state index < -0.39 is 0 Å². The van der Waals surface area contributed by atoms with Crippen LogP contribution in [0.3, 0.4) is 0 Å². The van der Waals surface area contributed by atoms with Crippen molar-refractivity contribution < 1.29 is 4.79 Å². The molecule has 0 aromatic heterocycles. The zero-order valence-electron chi connectivity index (χ0n) is 10.6. The molecule has 88 valence electrons. The Hall–Kier alpha value is -1.31. The highest BCUT2D eigenvalue weighted by atomic mass is 16.1. The number of Topliss-reactive ketones (excluding diaryl/α,β-unsaturated/α-hetero) is 1. The summed E-state index contributed by atoms with van der Waals surface area (Å²) >= 11 is 0. The van der Waals surface area contributed by atoms with E-state index in [1.165, 1.54) is 0 Å². The fourth-order valence-electron chi connectivity index (χ4n) is 1.45. The van der Waals surface area contributed by atoms with E-state index in [1.807, 2.05) is 38.1 Å². The average Bonchev–Trinajstić information content (AvgIpc) is 2.28. The van der Waals surface area contributed by atoms with Crippen molar-refractivity contribution in [2.45, 2.75) is 40.2 Å². The molecule has 0 aliphatic heterocycles. The van der Waals surface area contributed by atoms with Gasteiger partial charge in [-0.05, 0) is 37.6 Å². The molecule has 1 aromatic rings. The van der Waals surface area contributed by atoms with Gasteiger partial charge in [0.1, 0.15) is 0 Å². The molecule has 1 unspecified atom stereocenters. The molecule has 0 aliphatic carbocycles. The van der Waals surface area contributed by atoms with Crippen molar-refractivity contribution in [3.63, 3.8) is 0 Å². The van der Waals surface area contributed by atoms with E-state index in [-0.39, 0.29) is 11.7 Å². The molecular formula is C14H21NO. The molecule has 2 heteroatoms. The summed E-state index contributed by atoms with van der Waals surface area (Å²) in [4.78, 5) is 11.7. The molecule has 16 heavy (non-hydrogen) atoms. The number of hydrogen-bond acceptors (Lipinski definition) is 2. The van der Waals surface area contributed by atoms with Gasteiger partial charge in [-0.25, -0.2) is 0 Å². The van der Waals surface area contributed by atoms with E-state index in [1.54, 1.807) is 0 Å². The van der Waals surface area contributed by atoms with Crippen molar-refractivity contribution >= 4 is 11.5 Å². The molecule has 0 aliphatic rings. The number of carbonyl (C=O) groups is 1. The molecule has 0 radical (unpaired) electrons. The number of nitrogens with one attached hydrogen (secondary N) is 1. The van der Waals surface area contributed by atoms with Crippen LogP contribution >= 0.6 is 0 Å². The van der Waals surface area contributed by atoms with Crippen molar-refractivity contribution in [2.24, 2.45) is 5.92 Å². The van der Waals surface area contributed by atoms with E-state index in [2.05, 4.69) is 19.2 Å². The van der Waals surface area contributed by atoms with Crippen molar-refractivity contribution in [1.29, 1.82) is 0 Å². The first-order chi connectivity index (χ1) is 7.54. The second kappa shape index (κ2) is 5.69. The molecule has 0 amide bonds. The summed E-state index contributed by atoms with van der Waals surface area (Å²) in [7, 11) is 0. The zero-order valence-corrected chi connectivity index (χ0v) is 10.6. The third-order valence-corrected chi connectivity index (χ3v) is 2.72. The summed E-state index contributed by atoms with van der Waals surface area (Å²) < 4.78 is 0. The summed E-state index contributed by atoms with van der Waals surface area (Å²) in [5.41, 5.74) is 1.87. The van der Waals surface area contributed by atoms with Gasteiger partial charge in [0, 0.05) is 23.2 Å². The maximum absolute atomic E-state index is 11.7. The molecule has 1 rings (SSSR count). The van der Waals surface area contributed by atoms with Gasteiger partial charge < -0.3 is 5.32 Å². The van der Waals surface area contributed by atoms with Crippen LogP contribution in [-0.4, -0.2) is 11.8 Å². The highest BCUT2D eigenvalue weighted by Gasteiger charge is 2.09. The lowest BCUT2D eigenvalue weighted by Crippen LogP contribution is -2.13. The molecule has 0 saturated carbocycles. The predicted molar refractivity (Wildman–Crippen MR) is 69.0 cm³/mol. The normalized spacial score (nSPS) is 12.6. The van der Waals surface area contributed by atoms with Crippen LogP contribution in [0.25, 0.3) is 0 Å². The van der Waals surface area contributed by atoms with Crippen LogP contribution in [0.2, 0.25) is 0 Å². The molecule has 0 fully saturated rings. The number of anilines is 1. The second-order valence-corrected chi connectivity index (χ2v) is 4.55. The Kier molecular flexibility index (Phi) is 4.53. The Bertz CT molecular complexity index is 340. The summed E-state index contributed by atoms with van der Waals surface area (Å²) in [5, 5.41) is 3.38. The lowest BCUT2D eigenvalue weighted by Gasteiger charge is -2.13. The fourth-order valence-corrected chi connectivity index (χ4v) is 1.45. The molecule has 1 atom stereocenters. The van der Waals surface area contributed by atoms with E-state index in [4.69, 9.17) is 0 Å². The third kappa shape index (κ3) is 3.37. The molecular weight excluding hydrogens is 198 g/mol. The highest BCUT2D eigenvalue weighted by molar-refractivity contribution is 5.97. The van der Waals surface area contributed by atoms with Crippen LogP contribution in [0.1, 0.15) is 44.5 Å². The first-order valence-corrected chi connectivity index (χ1v) is 5.95. The lowest BCUT2D eigenvalue weighted by atomic mass is 10.0. The van der Waals surface area contributed by atoms with Gasteiger partial charge in [0.15, 0.2) is 5.78 Å². The van der Waals surface area contributed by atoms with Crippen LogP contribution in [0.4, 0.5) is 5.69 Å². The molecule has 1 aromatic carbocycles.